The lowest BCUT2D eigenvalue weighted by atomic mass is 10.1. The van der Waals surface area contributed by atoms with Gasteiger partial charge in [0.15, 0.2) is 0 Å². The number of primary amides is 1. The zero-order valence-electron chi connectivity index (χ0n) is 19.5. The van der Waals surface area contributed by atoms with Gasteiger partial charge in [-0.05, 0) is 32.2 Å². The van der Waals surface area contributed by atoms with Gasteiger partial charge < -0.3 is 25.2 Å². The first-order valence-corrected chi connectivity index (χ1v) is 12.3. The lowest BCUT2D eigenvalue weighted by Gasteiger charge is -2.16. The molecule has 0 aliphatic rings. The molecule has 1 atom stereocenters. The molecule has 3 heterocycles. The highest BCUT2D eigenvalue weighted by Gasteiger charge is 2.21. The molecule has 3 N–H and O–H groups in total. The van der Waals surface area contributed by atoms with Gasteiger partial charge in [-0.3, -0.25) is 9.20 Å². The predicted molar refractivity (Wildman–Crippen MR) is 138 cm³/mol. The van der Waals surface area contributed by atoms with E-state index in [9.17, 15) is 4.79 Å². The Morgan fingerprint density at radius 3 is 2.83 bits per heavy atom. The van der Waals surface area contributed by atoms with E-state index in [0.29, 0.717) is 41.1 Å². The molecule has 0 saturated carbocycles. The van der Waals surface area contributed by atoms with E-state index in [-0.39, 0.29) is 12.7 Å². The first kappa shape index (κ1) is 25.0. The number of benzene rings is 1. The molecule has 1 amide bonds. The van der Waals surface area contributed by atoms with Crippen LogP contribution in [0.25, 0.3) is 16.2 Å². The maximum Gasteiger partial charge on any atom is 0.262 e. The average Bonchev–Trinajstić information content (AvgIpc) is 3.43. The second kappa shape index (κ2) is 11.1. The Morgan fingerprint density at radius 1 is 1.29 bits per heavy atom. The topological polar surface area (TPSA) is 102 Å². The SMILES string of the molecule is CC(Oc1cc(-c2cnc3ccc(OCCN(C)CCO)cn23)sc1C(N)=O)c1ccccc1Cl. The molecule has 4 aromatic rings. The van der Waals surface area contributed by atoms with Crippen LogP contribution in [0.4, 0.5) is 0 Å². The first-order valence-electron chi connectivity index (χ1n) is 11.1. The van der Waals surface area contributed by atoms with Gasteiger partial charge in [0.1, 0.15) is 34.7 Å². The van der Waals surface area contributed by atoms with Gasteiger partial charge >= 0.3 is 0 Å². The molecule has 1 aromatic carbocycles. The maximum atomic E-state index is 12.2. The number of nitrogens with zero attached hydrogens (tertiary/aromatic N) is 3. The van der Waals surface area contributed by atoms with Crippen molar-refractivity contribution in [3.63, 3.8) is 0 Å². The van der Waals surface area contributed by atoms with Gasteiger partial charge in [0.25, 0.3) is 5.91 Å². The van der Waals surface area contributed by atoms with E-state index < -0.39 is 5.91 Å². The van der Waals surface area contributed by atoms with Crippen LogP contribution in [0.15, 0.2) is 54.9 Å². The number of likely N-dealkylation sites (N-methyl/N-ethyl adjacent to an activating group) is 1. The van der Waals surface area contributed by atoms with Crippen LogP contribution in [0.1, 0.15) is 28.3 Å². The quantitative estimate of drug-likeness (QED) is 0.310. The number of halogens is 1. The zero-order valence-corrected chi connectivity index (χ0v) is 21.1. The van der Waals surface area contributed by atoms with Crippen molar-refractivity contribution in [1.29, 1.82) is 0 Å². The van der Waals surface area contributed by atoms with Gasteiger partial charge in [0.2, 0.25) is 0 Å². The van der Waals surface area contributed by atoms with Gasteiger partial charge in [0.05, 0.1) is 29.6 Å². The number of hydrogen-bond acceptors (Lipinski definition) is 7. The van der Waals surface area contributed by atoms with Crippen LogP contribution in [-0.2, 0) is 0 Å². The molecule has 184 valence electrons. The molecule has 35 heavy (non-hydrogen) atoms. The Bertz CT molecular complexity index is 1320. The number of hydrogen-bond donors (Lipinski definition) is 2. The second-order valence-electron chi connectivity index (χ2n) is 8.06. The third kappa shape index (κ3) is 5.76. The van der Waals surface area contributed by atoms with Crippen molar-refractivity contribution >= 4 is 34.5 Å². The minimum Gasteiger partial charge on any atom is -0.491 e. The number of fused-ring (bicyclic) bond motifs is 1. The molecular formula is C25H27ClN4O4S. The van der Waals surface area contributed by atoms with E-state index in [0.717, 1.165) is 21.8 Å². The summed E-state index contributed by atoms with van der Waals surface area (Å²) in [6.45, 7) is 3.74. The Morgan fingerprint density at radius 2 is 2.09 bits per heavy atom. The summed E-state index contributed by atoms with van der Waals surface area (Å²) in [5, 5.41) is 9.62. The van der Waals surface area contributed by atoms with Gasteiger partial charge in [-0.15, -0.1) is 11.3 Å². The van der Waals surface area contributed by atoms with Crippen LogP contribution >= 0.6 is 22.9 Å². The van der Waals surface area contributed by atoms with E-state index >= 15 is 0 Å². The minimum atomic E-state index is -0.563. The van der Waals surface area contributed by atoms with Crippen LogP contribution in [0, 0.1) is 0 Å². The minimum absolute atomic E-state index is 0.109. The Balaban J connectivity index is 1.59. The Kier molecular flexibility index (Phi) is 7.92. The molecule has 0 saturated heterocycles. The molecule has 0 aliphatic heterocycles. The highest BCUT2D eigenvalue weighted by atomic mass is 35.5. The monoisotopic (exact) mass is 514 g/mol. The molecule has 0 spiro atoms. The van der Waals surface area contributed by atoms with Crippen LogP contribution < -0.4 is 15.2 Å². The molecule has 0 fully saturated rings. The van der Waals surface area contributed by atoms with E-state index in [4.69, 9.17) is 31.9 Å². The van der Waals surface area contributed by atoms with Crippen LogP contribution in [0.5, 0.6) is 11.5 Å². The van der Waals surface area contributed by atoms with Crippen molar-refractivity contribution in [3.8, 4) is 22.1 Å². The van der Waals surface area contributed by atoms with Gasteiger partial charge in [-0.1, -0.05) is 29.8 Å². The average molecular weight is 515 g/mol. The summed E-state index contributed by atoms with van der Waals surface area (Å²) in [5.74, 6) is 0.524. The number of carbonyl (C=O) groups is 1. The number of ether oxygens (including phenoxy) is 2. The number of pyridine rings is 1. The molecule has 0 aliphatic carbocycles. The molecule has 4 rings (SSSR count). The normalized spacial score (nSPS) is 12.3. The fraction of sp³-hybridized carbons (Fsp3) is 0.280. The van der Waals surface area contributed by atoms with Crippen molar-refractivity contribution in [2.24, 2.45) is 5.73 Å². The maximum absolute atomic E-state index is 12.2. The lowest BCUT2D eigenvalue weighted by Crippen LogP contribution is -2.27. The van der Waals surface area contributed by atoms with Crippen LogP contribution in [0.2, 0.25) is 5.02 Å². The summed E-state index contributed by atoms with van der Waals surface area (Å²) in [6.07, 6.45) is 3.22. The third-order valence-electron chi connectivity index (χ3n) is 5.52. The molecular weight excluding hydrogens is 488 g/mol. The molecule has 1 unspecified atom stereocenters. The molecule has 10 heteroatoms. The van der Waals surface area contributed by atoms with Gasteiger partial charge in [0, 0.05) is 29.7 Å². The fourth-order valence-electron chi connectivity index (χ4n) is 3.65. The smallest absolute Gasteiger partial charge is 0.262 e. The number of nitrogens with two attached hydrogens (primary N) is 1. The number of amides is 1. The Hall–Kier alpha value is -3.11. The van der Waals surface area contributed by atoms with Crippen LogP contribution in [-0.4, -0.2) is 58.6 Å². The standard InChI is InChI=1S/C25H27ClN4O4S/c1-16(18-5-3-4-6-19(18)26)34-21-13-22(35-24(21)25(27)32)20-14-28-23-8-7-17(15-30(20)23)33-12-10-29(2)9-11-31/h3-8,13-16,31H,9-12H2,1-2H3,(H2,27,32). The molecule has 8 nitrogen and oxygen atoms in total. The van der Waals surface area contributed by atoms with Crippen molar-refractivity contribution in [2.45, 2.75) is 13.0 Å². The van der Waals surface area contributed by atoms with Crippen molar-refractivity contribution in [1.82, 2.24) is 14.3 Å². The summed E-state index contributed by atoms with van der Waals surface area (Å²) >= 11 is 7.57. The van der Waals surface area contributed by atoms with Crippen molar-refractivity contribution < 1.29 is 19.4 Å². The number of carbonyl (C=O) groups excluding carboxylic acids is 1. The first-order chi connectivity index (χ1) is 16.9. The van der Waals surface area contributed by atoms with E-state index in [1.54, 1.807) is 18.3 Å². The molecule has 0 bridgehead atoms. The summed E-state index contributed by atoms with van der Waals surface area (Å²) in [5.41, 5.74) is 8.01. The van der Waals surface area contributed by atoms with Gasteiger partial charge in [-0.25, -0.2) is 4.98 Å². The lowest BCUT2D eigenvalue weighted by molar-refractivity contribution is 0.0998. The molecule has 0 radical (unpaired) electrons. The number of imidazole rings is 1. The number of thiophene rings is 1. The second-order valence-corrected chi connectivity index (χ2v) is 9.52. The van der Waals surface area contributed by atoms with E-state index in [1.807, 2.05) is 59.8 Å². The summed E-state index contributed by atoms with van der Waals surface area (Å²) in [6, 6.07) is 13.0. The van der Waals surface area contributed by atoms with E-state index in [2.05, 4.69) is 4.98 Å². The molecule has 3 aromatic heterocycles. The largest absolute Gasteiger partial charge is 0.491 e. The highest BCUT2D eigenvalue weighted by molar-refractivity contribution is 7.17. The van der Waals surface area contributed by atoms with E-state index in [1.165, 1.54) is 11.3 Å². The van der Waals surface area contributed by atoms with Crippen LogP contribution in [0.3, 0.4) is 0 Å². The van der Waals surface area contributed by atoms with Gasteiger partial charge in [-0.2, -0.15) is 0 Å². The third-order valence-corrected chi connectivity index (χ3v) is 7.02. The summed E-state index contributed by atoms with van der Waals surface area (Å²) < 4.78 is 13.9. The van der Waals surface area contributed by atoms with Crippen molar-refractivity contribution in [2.75, 3.05) is 33.4 Å². The number of aliphatic hydroxyl groups excluding tert-OH is 1. The summed E-state index contributed by atoms with van der Waals surface area (Å²) in [4.78, 5) is 19.8. The number of aromatic nitrogens is 2. The summed E-state index contributed by atoms with van der Waals surface area (Å²) in [7, 11) is 1.93. The van der Waals surface area contributed by atoms with Crippen molar-refractivity contribution in [3.05, 3.63) is 70.3 Å². The Labute approximate surface area is 212 Å². The number of rotatable bonds is 11. The zero-order chi connectivity index (χ0) is 24.9. The fourth-order valence-corrected chi connectivity index (χ4v) is 4.89. The number of aliphatic hydroxyl groups is 1. The highest BCUT2D eigenvalue weighted by Crippen LogP contribution is 2.39. The predicted octanol–water partition coefficient (Wildman–Crippen LogP) is 4.26.